The maximum atomic E-state index is 9.99. The van der Waals surface area contributed by atoms with Crippen LogP contribution in [0.3, 0.4) is 0 Å². The Morgan fingerprint density at radius 3 is 2.10 bits per heavy atom. The lowest BCUT2D eigenvalue weighted by atomic mass is 9.99. The van der Waals surface area contributed by atoms with Gasteiger partial charge in [0, 0.05) is 0 Å². The summed E-state index contributed by atoms with van der Waals surface area (Å²) in [4.78, 5) is 9.99. The summed E-state index contributed by atoms with van der Waals surface area (Å²) in [7, 11) is 0. The van der Waals surface area contributed by atoms with Crippen molar-refractivity contribution < 1.29 is 20.1 Å². The monoisotopic (exact) mass is 148 g/mol. The minimum absolute atomic E-state index is 0.427. The Morgan fingerprint density at radius 1 is 1.60 bits per heavy atom. The zero-order chi connectivity index (χ0) is 8.36. The fourth-order valence-electron chi connectivity index (χ4n) is 0.415. The Hall–Kier alpha value is -0.610. The molecule has 0 saturated carbocycles. The van der Waals surface area contributed by atoms with Crippen LogP contribution in [0.15, 0.2) is 0 Å². The summed E-state index contributed by atoms with van der Waals surface area (Å²) in [6, 6.07) is 0. The van der Waals surface area contributed by atoms with Crippen molar-refractivity contribution in [2.45, 2.75) is 32.0 Å². The van der Waals surface area contributed by atoms with E-state index in [1.807, 2.05) is 0 Å². The predicted molar refractivity (Wildman–Crippen MR) is 34.6 cm³/mol. The number of rotatable bonds is 3. The average molecular weight is 148 g/mol. The summed E-state index contributed by atoms with van der Waals surface area (Å²) < 4.78 is 0. The van der Waals surface area contributed by atoms with Crippen molar-refractivity contribution in [1.29, 1.82) is 0 Å². The van der Waals surface area contributed by atoms with Gasteiger partial charge >= 0.3 is 5.97 Å². The molecular formula is C6H12O4. The van der Waals surface area contributed by atoms with Crippen LogP contribution < -0.4 is 0 Å². The quantitative estimate of drug-likeness (QED) is 0.508. The third-order valence-corrected chi connectivity index (χ3v) is 1.18. The first-order chi connectivity index (χ1) is 4.34. The molecule has 60 valence electrons. The number of hydrogen-bond acceptors (Lipinski definition) is 3. The van der Waals surface area contributed by atoms with E-state index >= 15 is 0 Å². The van der Waals surface area contributed by atoms with Crippen LogP contribution in [0.5, 0.6) is 0 Å². The molecule has 1 atom stereocenters. The van der Waals surface area contributed by atoms with Gasteiger partial charge in [-0.05, 0) is 13.8 Å². The zero-order valence-corrected chi connectivity index (χ0v) is 6.03. The van der Waals surface area contributed by atoms with Gasteiger partial charge in [0.05, 0.1) is 18.1 Å². The second kappa shape index (κ2) is 2.98. The average Bonchev–Trinajstić information content (AvgIpc) is 1.60. The molecule has 10 heavy (non-hydrogen) atoms. The van der Waals surface area contributed by atoms with E-state index < -0.39 is 24.1 Å². The van der Waals surface area contributed by atoms with Crippen molar-refractivity contribution >= 4 is 5.97 Å². The second-order valence-corrected chi connectivity index (χ2v) is 2.77. The van der Waals surface area contributed by atoms with E-state index in [4.69, 9.17) is 15.3 Å². The van der Waals surface area contributed by atoms with Crippen molar-refractivity contribution in [2.24, 2.45) is 0 Å². The van der Waals surface area contributed by atoms with Gasteiger partial charge in [-0.3, -0.25) is 4.79 Å². The van der Waals surface area contributed by atoms with E-state index in [9.17, 15) is 4.79 Å². The van der Waals surface area contributed by atoms with Gasteiger partial charge in [-0.2, -0.15) is 0 Å². The van der Waals surface area contributed by atoms with E-state index in [-0.39, 0.29) is 0 Å². The van der Waals surface area contributed by atoms with Gasteiger partial charge in [-0.1, -0.05) is 0 Å². The van der Waals surface area contributed by atoms with Crippen molar-refractivity contribution in [1.82, 2.24) is 0 Å². The highest BCUT2D eigenvalue weighted by Gasteiger charge is 2.26. The van der Waals surface area contributed by atoms with Crippen LogP contribution in [-0.4, -0.2) is 33.0 Å². The first kappa shape index (κ1) is 9.39. The first-order valence-corrected chi connectivity index (χ1v) is 2.96. The van der Waals surface area contributed by atoms with Gasteiger partial charge in [-0.15, -0.1) is 0 Å². The summed E-state index contributed by atoms with van der Waals surface area (Å²) in [6.45, 7) is 2.72. The number of carboxylic acid groups (broad SMARTS) is 1. The molecule has 0 amide bonds. The molecule has 0 spiro atoms. The summed E-state index contributed by atoms with van der Waals surface area (Å²) in [5.41, 5.74) is -1.33. The smallest absolute Gasteiger partial charge is 0.306 e. The molecule has 0 rings (SSSR count). The molecule has 0 aromatic heterocycles. The Labute approximate surface area is 59.1 Å². The third-order valence-electron chi connectivity index (χ3n) is 1.18. The molecule has 0 aliphatic heterocycles. The fraction of sp³-hybridized carbons (Fsp3) is 0.833. The molecule has 3 N–H and O–H groups in total. The van der Waals surface area contributed by atoms with Crippen molar-refractivity contribution in [3.63, 3.8) is 0 Å². The summed E-state index contributed by atoms with van der Waals surface area (Å²) in [5, 5.41) is 26.1. The van der Waals surface area contributed by atoms with Crippen molar-refractivity contribution in [3.8, 4) is 0 Å². The van der Waals surface area contributed by atoms with Crippen molar-refractivity contribution in [3.05, 3.63) is 0 Å². The van der Waals surface area contributed by atoms with Crippen LogP contribution in [0.2, 0.25) is 0 Å². The molecule has 0 fully saturated rings. The standard InChI is InChI=1S/C6H12O4/c1-6(2,10)4(7)3-5(8)9/h4,7,10H,3H2,1-2H3,(H,8,9)/t4-/m1/s1. The van der Waals surface area contributed by atoms with E-state index in [0.717, 1.165) is 0 Å². The molecule has 0 heterocycles. The predicted octanol–water partition coefficient (Wildman–Crippen LogP) is -0.407. The van der Waals surface area contributed by atoms with Gasteiger partial charge in [0.25, 0.3) is 0 Å². The molecule has 0 saturated heterocycles. The van der Waals surface area contributed by atoms with Crippen LogP contribution >= 0.6 is 0 Å². The Bertz CT molecular complexity index is 124. The van der Waals surface area contributed by atoms with Crippen LogP contribution in [0.25, 0.3) is 0 Å². The molecule has 0 radical (unpaired) electrons. The highest BCUT2D eigenvalue weighted by atomic mass is 16.4. The molecule has 4 nitrogen and oxygen atoms in total. The van der Waals surface area contributed by atoms with Gasteiger partial charge in [0.15, 0.2) is 0 Å². The van der Waals surface area contributed by atoms with Crippen LogP contribution in [0, 0.1) is 0 Å². The van der Waals surface area contributed by atoms with E-state index in [1.165, 1.54) is 13.8 Å². The second-order valence-electron chi connectivity index (χ2n) is 2.77. The lowest BCUT2D eigenvalue weighted by Gasteiger charge is -2.22. The van der Waals surface area contributed by atoms with Gasteiger partial charge in [0.2, 0.25) is 0 Å². The fourth-order valence-corrected chi connectivity index (χ4v) is 0.415. The molecular weight excluding hydrogens is 136 g/mol. The highest BCUT2D eigenvalue weighted by Crippen LogP contribution is 2.10. The maximum Gasteiger partial charge on any atom is 0.306 e. The van der Waals surface area contributed by atoms with E-state index in [1.54, 1.807) is 0 Å². The maximum absolute atomic E-state index is 9.99. The third kappa shape index (κ3) is 3.42. The lowest BCUT2D eigenvalue weighted by Crippen LogP contribution is -2.37. The molecule has 0 aliphatic rings. The molecule has 0 aromatic rings. The number of carbonyl (C=O) groups is 1. The van der Waals surface area contributed by atoms with Crippen molar-refractivity contribution in [2.75, 3.05) is 0 Å². The minimum atomic E-state index is -1.33. The minimum Gasteiger partial charge on any atom is -0.481 e. The van der Waals surface area contributed by atoms with Gasteiger partial charge < -0.3 is 15.3 Å². The highest BCUT2D eigenvalue weighted by molar-refractivity contribution is 5.67. The molecule has 0 aromatic carbocycles. The Morgan fingerprint density at radius 2 is 2.00 bits per heavy atom. The molecule has 0 aliphatic carbocycles. The number of aliphatic carboxylic acids is 1. The number of hydrogen-bond donors (Lipinski definition) is 3. The number of aliphatic hydroxyl groups is 2. The number of carboxylic acids is 1. The Kier molecular flexibility index (Phi) is 2.80. The first-order valence-electron chi connectivity index (χ1n) is 2.96. The van der Waals surface area contributed by atoms with E-state index in [2.05, 4.69) is 0 Å². The number of aliphatic hydroxyl groups excluding tert-OH is 1. The zero-order valence-electron chi connectivity index (χ0n) is 6.03. The molecule has 0 bridgehead atoms. The molecule has 4 heteroatoms. The van der Waals surface area contributed by atoms with Gasteiger partial charge in [-0.25, -0.2) is 0 Å². The molecule has 0 unspecified atom stereocenters. The largest absolute Gasteiger partial charge is 0.481 e. The van der Waals surface area contributed by atoms with E-state index in [0.29, 0.717) is 0 Å². The SMILES string of the molecule is CC(C)(O)[C@H](O)CC(=O)O. The normalized spacial score (nSPS) is 14.8. The Balaban J connectivity index is 3.85. The lowest BCUT2D eigenvalue weighted by molar-refractivity contribution is -0.143. The van der Waals surface area contributed by atoms with Crippen LogP contribution in [0.1, 0.15) is 20.3 Å². The van der Waals surface area contributed by atoms with Gasteiger partial charge in [0.1, 0.15) is 0 Å². The summed E-state index contributed by atoms with van der Waals surface area (Å²) in [6.07, 6.45) is -1.63. The van der Waals surface area contributed by atoms with Crippen LogP contribution in [0.4, 0.5) is 0 Å². The van der Waals surface area contributed by atoms with Crippen LogP contribution in [-0.2, 0) is 4.79 Å². The topological polar surface area (TPSA) is 77.8 Å². The summed E-state index contributed by atoms with van der Waals surface area (Å²) in [5.74, 6) is -1.12. The summed E-state index contributed by atoms with van der Waals surface area (Å²) >= 11 is 0.